The van der Waals surface area contributed by atoms with Crippen LogP contribution in [0.15, 0.2) is 66.7 Å². The molecule has 3 aromatic carbocycles. The molecule has 1 unspecified atom stereocenters. The molecule has 170 valence electrons. The first-order valence-corrected chi connectivity index (χ1v) is 10.7. The maximum absolute atomic E-state index is 13.3. The molecule has 0 bridgehead atoms. The second kappa shape index (κ2) is 9.65. The number of primary amides is 1. The summed E-state index contributed by atoms with van der Waals surface area (Å²) in [7, 11) is 3.24. The van der Waals surface area contributed by atoms with Crippen LogP contribution in [0.4, 0.5) is 0 Å². The fourth-order valence-corrected chi connectivity index (χ4v) is 4.08. The highest BCUT2D eigenvalue weighted by Gasteiger charge is 2.32. The molecule has 1 aliphatic rings. The number of likely N-dealkylation sites (tertiary alicyclic amines) is 1. The fourth-order valence-electron chi connectivity index (χ4n) is 4.08. The Morgan fingerprint density at radius 3 is 2.03 bits per heavy atom. The Kier molecular flexibility index (Phi) is 6.49. The van der Waals surface area contributed by atoms with Crippen LogP contribution in [-0.4, -0.2) is 37.5 Å². The first-order valence-electron chi connectivity index (χ1n) is 10.7. The summed E-state index contributed by atoms with van der Waals surface area (Å²) in [6, 6.07) is 19.3. The molecule has 0 spiro atoms. The third kappa shape index (κ3) is 4.77. The molecule has 0 aliphatic carbocycles. The van der Waals surface area contributed by atoms with Crippen LogP contribution in [0.5, 0.6) is 23.0 Å². The van der Waals surface area contributed by atoms with Gasteiger partial charge in [0.15, 0.2) is 0 Å². The summed E-state index contributed by atoms with van der Waals surface area (Å²) in [5, 5.41) is 0. The van der Waals surface area contributed by atoms with Crippen LogP contribution in [0.2, 0.25) is 0 Å². The highest BCUT2D eigenvalue weighted by molar-refractivity contribution is 5.95. The fraction of sp³-hybridized carbons (Fsp3) is 0.231. The Hall–Kier alpha value is -4.00. The van der Waals surface area contributed by atoms with E-state index in [1.165, 1.54) is 0 Å². The lowest BCUT2D eigenvalue weighted by Crippen LogP contribution is -2.30. The summed E-state index contributed by atoms with van der Waals surface area (Å²) in [5.41, 5.74) is 7.24. The Morgan fingerprint density at radius 1 is 0.848 bits per heavy atom. The number of carbonyl (C=O) groups is 2. The van der Waals surface area contributed by atoms with Crippen molar-refractivity contribution in [2.45, 2.75) is 18.9 Å². The molecule has 1 heterocycles. The highest BCUT2D eigenvalue weighted by Crippen LogP contribution is 2.39. The van der Waals surface area contributed by atoms with Gasteiger partial charge >= 0.3 is 0 Å². The molecule has 0 radical (unpaired) electrons. The highest BCUT2D eigenvalue weighted by atomic mass is 16.5. The zero-order chi connectivity index (χ0) is 23.4. The van der Waals surface area contributed by atoms with Crippen LogP contribution < -0.4 is 19.9 Å². The summed E-state index contributed by atoms with van der Waals surface area (Å²) >= 11 is 0. The number of nitrogens with zero attached hydrogens (tertiary/aromatic N) is 1. The van der Waals surface area contributed by atoms with Gasteiger partial charge in [0.05, 0.1) is 20.3 Å². The van der Waals surface area contributed by atoms with E-state index in [-0.39, 0.29) is 11.9 Å². The first-order chi connectivity index (χ1) is 16.0. The van der Waals surface area contributed by atoms with Gasteiger partial charge in [-0.3, -0.25) is 9.59 Å². The van der Waals surface area contributed by atoms with Crippen LogP contribution in [-0.2, 0) is 0 Å². The van der Waals surface area contributed by atoms with Gasteiger partial charge in [-0.1, -0.05) is 0 Å². The van der Waals surface area contributed by atoms with Crippen molar-refractivity contribution in [3.05, 3.63) is 83.4 Å². The van der Waals surface area contributed by atoms with Crippen LogP contribution >= 0.6 is 0 Å². The maximum atomic E-state index is 13.3. The molecule has 1 fully saturated rings. The minimum atomic E-state index is -0.489. The molecule has 2 N–H and O–H groups in total. The van der Waals surface area contributed by atoms with Crippen LogP contribution in [0.1, 0.15) is 45.2 Å². The lowest BCUT2D eigenvalue weighted by Gasteiger charge is -2.26. The molecule has 4 rings (SSSR count). The number of rotatable bonds is 7. The van der Waals surface area contributed by atoms with E-state index >= 15 is 0 Å². The average Bonchev–Trinajstić information content (AvgIpc) is 3.33. The van der Waals surface area contributed by atoms with Crippen molar-refractivity contribution in [1.82, 2.24) is 4.90 Å². The zero-order valence-corrected chi connectivity index (χ0v) is 18.6. The lowest BCUT2D eigenvalue weighted by molar-refractivity contribution is 0.0734. The molecule has 2 amide bonds. The number of ether oxygens (including phenoxy) is 3. The Morgan fingerprint density at radius 2 is 1.45 bits per heavy atom. The van der Waals surface area contributed by atoms with E-state index in [1.807, 2.05) is 23.1 Å². The summed E-state index contributed by atoms with van der Waals surface area (Å²) in [5.74, 6) is 2.07. The summed E-state index contributed by atoms with van der Waals surface area (Å²) in [4.78, 5) is 26.4. The molecule has 1 aliphatic heterocycles. The number of methoxy groups -OCH3 is 2. The Labute approximate surface area is 192 Å². The Bertz CT molecular complexity index is 1140. The van der Waals surface area contributed by atoms with E-state index < -0.39 is 5.91 Å². The van der Waals surface area contributed by atoms with Crippen molar-refractivity contribution in [2.24, 2.45) is 5.73 Å². The smallest absolute Gasteiger partial charge is 0.254 e. The third-order valence-electron chi connectivity index (χ3n) is 5.79. The van der Waals surface area contributed by atoms with Gasteiger partial charge in [0.1, 0.15) is 23.0 Å². The molecule has 0 aromatic heterocycles. The van der Waals surface area contributed by atoms with E-state index in [1.54, 1.807) is 62.8 Å². The van der Waals surface area contributed by atoms with Crippen molar-refractivity contribution >= 4 is 11.8 Å². The standard InChI is InChI=1S/C26H26N2O5/c1-31-21-13-14-22(24(16-21)32-2)23-4-3-15-28(23)26(30)18-7-11-20(12-8-18)33-19-9-5-17(6-10-19)25(27)29/h5-14,16,23H,3-4,15H2,1-2H3,(H2,27,29). The number of nitrogens with two attached hydrogens (primary N) is 1. The van der Waals surface area contributed by atoms with Gasteiger partial charge in [-0.05, 0) is 73.5 Å². The van der Waals surface area contributed by atoms with E-state index in [2.05, 4.69) is 0 Å². The quantitative estimate of drug-likeness (QED) is 0.574. The third-order valence-corrected chi connectivity index (χ3v) is 5.79. The van der Waals surface area contributed by atoms with Crippen molar-refractivity contribution in [1.29, 1.82) is 0 Å². The van der Waals surface area contributed by atoms with E-state index in [4.69, 9.17) is 19.9 Å². The molecule has 0 saturated carbocycles. The average molecular weight is 447 g/mol. The largest absolute Gasteiger partial charge is 0.497 e. The van der Waals surface area contributed by atoms with Crippen molar-refractivity contribution in [2.75, 3.05) is 20.8 Å². The van der Waals surface area contributed by atoms with E-state index in [9.17, 15) is 9.59 Å². The van der Waals surface area contributed by atoms with Gasteiger partial charge in [-0.2, -0.15) is 0 Å². The predicted octanol–water partition coefficient (Wildman–Crippen LogP) is 4.57. The van der Waals surface area contributed by atoms with Gasteiger partial charge in [0.2, 0.25) is 5.91 Å². The van der Waals surface area contributed by atoms with Gasteiger partial charge in [-0.25, -0.2) is 0 Å². The second-order valence-corrected chi connectivity index (χ2v) is 7.78. The SMILES string of the molecule is COc1ccc(C2CCCN2C(=O)c2ccc(Oc3ccc(C(N)=O)cc3)cc2)c(OC)c1. The van der Waals surface area contributed by atoms with Crippen molar-refractivity contribution < 1.29 is 23.8 Å². The minimum absolute atomic E-state index is 0.0345. The van der Waals surface area contributed by atoms with Crippen molar-refractivity contribution in [3.63, 3.8) is 0 Å². The topological polar surface area (TPSA) is 91.1 Å². The van der Waals surface area contributed by atoms with Crippen LogP contribution in [0.25, 0.3) is 0 Å². The molecule has 7 nitrogen and oxygen atoms in total. The second-order valence-electron chi connectivity index (χ2n) is 7.78. The van der Waals surface area contributed by atoms with Crippen LogP contribution in [0.3, 0.4) is 0 Å². The molecular formula is C26H26N2O5. The maximum Gasteiger partial charge on any atom is 0.254 e. The number of hydrogen-bond donors (Lipinski definition) is 1. The predicted molar refractivity (Wildman–Crippen MR) is 124 cm³/mol. The lowest BCUT2D eigenvalue weighted by atomic mass is 10.0. The molecule has 33 heavy (non-hydrogen) atoms. The molecule has 3 aromatic rings. The number of benzene rings is 3. The summed E-state index contributed by atoms with van der Waals surface area (Å²) < 4.78 is 16.7. The van der Waals surface area contributed by atoms with Crippen molar-refractivity contribution in [3.8, 4) is 23.0 Å². The Balaban J connectivity index is 1.49. The molecule has 7 heteroatoms. The minimum Gasteiger partial charge on any atom is -0.497 e. The first kappa shape index (κ1) is 22.2. The molecule has 1 atom stereocenters. The number of hydrogen-bond acceptors (Lipinski definition) is 5. The normalized spacial score (nSPS) is 15.2. The van der Waals surface area contributed by atoms with Gasteiger partial charge in [0.25, 0.3) is 5.91 Å². The van der Waals surface area contributed by atoms with Gasteiger partial charge in [-0.15, -0.1) is 0 Å². The van der Waals surface area contributed by atoms with Gasteiger partial charge < -0.3 is 24.8 Å². The van der Waals surface area contributed by atoms with E-state index in [0.29, 0.717) is 40.7 Å². The zero-order valence-electron chi connectivity index (χ0n) is 18.6. The van der Waals surface area contributed by atoms with Crippen LogP contribution in [0, 0.1) is 0 Å². The molecule has 1 saturated heterocycles. The molecular weight excluding hydrogens is 420 g/mol. The van der Waals surface area contributed by atoms with E-state index in [0.717, 1.165) is 18.4 Å². The monoisotopic (exact) mass is 446 g/mol. The summed E-state index contributed by atoms with van der Waals surface area (Å²) in [6.45, 7) is 0.684. The number of amides is 2. The van der Waals surface area contributed by atoms with Gasteiger partial charge in [0, 0.05) is 29.3 Å². The number of carbonyl (C=O) groups excluding carboxylic acids is 2. The summed E-state index contributed by atoms with van der Waals surface area (Å²) in [6.07, 6.45) is 1.80.